The van der Waals surface area contributed by atoms with Crippen molar-refractivity contribution in [2.24, 2.45) is 0 Å². The first-order chi connectivity index (χ1) is 27.7. The van der Waals surface area contributed by atoms with E-state index in [1.165, 1.54) is 0 Å². The van der Waals surface area contributed by atoms with E-state index in [0.29, 0.717) is 16.7 Å². The minimum absolute atomic E-state index is 0.565. The van der Waals surface area contributed by atoms with Gasteiger partial charge in [0.05, 0.1) is 56.6 Å². The summed E-state index contributed by atoms with van der Waals surface area (Å²) in [4.78, 5) is 0. The topological polar surface area (TPSA) is 81.2 Å². The standard InChI is InChI=1S/C51H29N5/c52-30-33-23-26-36(27-24-33)55-48-22-8-6-16-41(48)44-19-9-17-42(50(44)55)39-14-4-2-12-37(39)38-13-3-5-15-40(38)43-18-10-20-45-46-29-34(31-53)25-28-49(46)56(51(43)45)47-21-7-1-11-35(47)32-54/h1-29H. The van der Waals surface area contributed by atoms with Crippen LogP contribution < -0.4 is 0 Å². The van der Waals surface area contributed by atoms with Gasteiger partial charge in [-0.1, -0.05) is 115 Å². The van der Waals surface area contributed by atoms with Crippen LogP contribution in [0.3, 0.4) is 0 Å². The molecule has 8 aromatic carbocycles. The van der Waals surface area contributed by atoms with E-state index in [9.17, 15) is 15.8 Å². The lowest BCUT2D eigenvalue weighted by molar-refractivity contribution is 1.17. The van der Waals surface area contributed by atoms with E-state index in [4.69, 9.17) is 0 Å². The van der Waals surface area contributed by atoms with Crippen molar-refractivity contribution in [1.82, 2.24) is 9.13 Å². The lowest BCUT2D eigenvalue weighted by Gasteiger charge is -2.18. The normalized spacial score (nSPS) is 11.2. The summed E-state index contributed by atoms with van der Waals surface area (Å²) in [5.41, 5.74) is 14.0. The van der Waals surface area contributed by atoms with Crippen molar-refractivity contribution in [2.75, 3.05) is 0 Å². The second-order valence-electron chi connectivity index (χ2n) is 13.8. The summed E-state index contributed by atoms with van der Waals surface area (Å²) in [5.74, 6) is 0. The monoisotopic (exact) mass is 711 g/mol. The average Bonchev–Trinajstić information content (AvgIpc) is 3.79. The van der Waals surface area contributed by atoms with Gasteiger partial charge in [0.25, 0.3) is 0 Å². The molecule has 10 rings (SSSR count). The summed E-state index contributed by atoms with van der Waals surface area (Å²) in [6, 6.07) is 66.7. The predicted octanol–water partition coefficient (Wildman–Crippen LogP) is 12.5. The number of benzene rings is 8. The van der Waals surface area contributed by atoms with Crippen LogP contribution in [0, 0.1) is 34.0 Å². The molecule has 0 aliphatic heterocycles. The van der Waals surface area contributed by atoms with Crippen LogP contribution in [0.2, 0.25) is 0 Å². The molecule has 0 bridgehead atoms. The molecule has 0 amide bonds. The van der Waals surface area contributed by atoms with E-state index in [-0.39, 0.29) is 0 Å². The fourth-order valence-electron chi connectivity index (χ4n) is 8.46. The van der Waals surface area contributed by atoms with Crippen LogP contribution >= 0.6 is 0 Å². The zero-order chi connectivity index (χ0) is 37.8. The van der Waals surface area contributed by atoms with Gasteiger partial charge in [-0.05, 0) is 82.9 Å². The molecular weight excluding hydrogens is 683 g/mol. The van der Waals surface area contributed by atoms with Gasteiger partial charge in [0, 0.05) is 38.4 Å². The molecule has 0 atom stereocenters. The first-order valence-corrected chi connectivity index (χ1v) is 18.4. The van der Waals surface area contributed by atoms with Gasteiger partial charge in [-0.3, -0.25) is 0 Å². The average molecular weight is 712 g/mol. The summed E-state index contributed by atoms with van der Waals surface area (Å²) in [7, 11) is 0. The molecule has 56 heavy (non-hydrogen) atoms. The second kappa shape index (κ2) is 13.0. The molecular formula is C51H29N5. The Morgan fingerprint density at radius 2 is 0.821 bits per heavy atom. The van der Waals surface area contributed by atoms with Crippen molar-refractivity contribution in [3.8, 4) is 63.0 Å². The Bertz CT molecular complexity index is 3340. The summed E-state index contributed by atoms with van der Waals surface area (Å²) >= 11 is 0. The van der Waals surface area contributed by atoms with Gasteiger partial charge in [-0.15, -0.1) is 0 Å². The SMILES string of the molecule is N#Cc1ccc(-n2c3ccccc3c3cccc(-c4ccccc4-c4ccccc4-c4cccc5c6cc(C#N)ccc6n(-c6ccccc6C#N)c45)c32)cc1. The van der Waals surface area contributed by atoms with Gasteiger partial charge < -0.3 is 9.13 Å². The third-order valence-corrected chi connectivity index (χ3v) is 10.9. The van der Waals surface area contributed by atoms with Gasteiger partial charge in [0.2, 0.25) is 0 Å². The van der Waals surface area contributed by atoms with E-state index in [2.05, 4.69) is 137 Å². The summed E-state index contributed by atoms with van der Waals surface area (Å²) in [5, 5.41) is 34.0. The zero-order valence-electron chi connectivity index (χ0n) is 30.0. The molecule has 5 heteroatoms. The number of para-hydroxylation sites is 4. The minimum atomic E-state index is 0.565. The first kappa shape index (κ1) is 32.5. The van der Waals surface area contributed by atoms with Gasteiger partial charge in [0.1, 0.15) is 6.07 Å². The Hall–Kier alpha value is -8.17. The maximum atomic E-state index is 10.3. The number of hydrogen-bond acceptors (Lipinski definition) is 3. The fraction of sp³-hybridized carbons (Fsp3) is 0. The number of hydrogen-bond donors (Lipinski definition) is 0. The Balaban J connectivity index is 1.26. The van der Waals surface area contributed by atoms with Crippen LogP contribution in [0.5, 0.6) is 0 Å². The molecule has 0 saturated carbocycles. The third kappa shape index (κ3) is 4.92. The minimum Gasteiger partial charge on any atom is -0.309 e. The van der Waals surface area contributed by atoms with Crippen LogP contribution in [0.25, 0.3) is 88.4 Å². The number of nitrogens with zero attached hydrogens (tertiary/aromatic N) is 5. The van der Waals surface area contributed by atoms with Crippen molar-refractivity contribution < 1.29 is 0 Å². The molecule has 0 fully saturated rings. The molecule has 0 aliphatic carbocycles. The Labute approximate surface area is 323 Å². The number of nitriles is 3. The Kier molecular flexibility index (Phi) is 7.57. The van der Waals surface area contributed by atoms with Crippen LogP contribution in [-0.2, 0) is 0 Å². The lowest BCUT2D eigenvalue weighted by atomic mass is 9.88. The maximum absolute atomic E-state index is 10.3. The molecule has 0 aliphatic rings. The number of fused-ring (bicyclic) bond motifs is 6. The summed E-state index contributed by atoms with van der Waals surface area (Å²) < 4.78 is 4.49. The van der Waals surface area contributed by atoms with Crippen molar-refractivity contribution in [3.05, 3.63) is 193 Å². The Morgan fingerprint density at radius 3 is 1.46 bits per heavy atom. The van der Waals surface area contributed by atoms with Gasteiger partial charge in [-0.25, -0.2) is 0 Å². The maximum Gasteiger partial charge on any atom is 0.101 e. The van der Waals surface area contributed by atoms with Crippen molar-refractivity contribution in [3.63, 3.8) is 0 Å². The van der Waals surface area contributed by atoms with E-state index in [1.807, 2.05) is 66.7 Å². The van der Waals surface area contributed by atoms with Gasteiger partial charge in [0.15, 0.2) is 0 Å². The van der Waals surface area contributed by atoms with E-state index in [1.54, 1.807) is 0 Å². The van der Waals surface area contributed by atoms with Crippen molar-refractivity contribution in [1.29, 1.82) is 15.8 Å². The molecule has 5 nitrogen and oxygen atoms in total. The van der Waals surface area contributed by atoms with Crippen LogP contribution in [0.15, 0.2) is 176 Å². The highest BCUT2D eigenvalue weighted by Gasteiger charge is 2.23. The molecule has 0 unspecified atom stereocenters. The molecule has 258 valence electrons. The quantitative estimate of drug-likeness (QED) is 0.178. The van der Waals surface area contributed by atoms with Gasteiger partial charge in [-0.2, -0.15) is 15.8 Å². The molecule has 2 heterocycles. The van der Waals surface area contributed by atoms with Crippen LogP contribution in [0.1, 0.15) is 16.7 Å². The van der Waals surface area contributed by atoms with Gasteiger partial charge >= 0.3 is 0 Å². The van der Waals surface area contributed by atoms with E-state index in [0.717, 1.165) is 88.4 Å². The molecule has 0 spiro atoms. The second-order valence-corrected chi connectivity index (χ2v) is 13.8. The molecule has 2 aromatic heterocycles. The molecule has 10 aromatic rings. The first-order valence-electron chi connectivity index (χ1n) is 18.4. The fourth-order valence-corrected chi connectivity index (χ4v) is 8.46. The number of aromatic nitrogens is 2. The Morgan fingerprint density at radius 1 is 0.339 bits per heavy atom. The van der Waals surface area contributed by atoms with Crippen molar-refractivity contribution >= 4 is 43.6 Å². The van der Waals surface area contributed by atoms with Crippen LogP contribution in [-0.4, -0.2) is 9.13 Å². The number of rotatable bonds is 5. The third-order valence-electron chi connectivity index (χ3n) is 10.9. The van der Waals surface area contributed by atoms with E-state index >= 15 is 0 Å². The lowest BCUT2D eigenvalue weighted by Crippen LogP contribution is -1.99. The highest BCUT2D eigenvalue weighted by Crippen LogP contribution is 2.46. The highest BCUT2D eigenvalue weighted by molar-refractivity contribution is 6.17. The van der Waals surface area contributed by atoms with Crippen LogP contribution in [0.4, 0.5) is 0 Å². The molecule has 0 N–H and O–H groups in total. The van der Waals surface area contributed by atoms with E-state index < -0.39 is 0 Å². The zero-order valence-corrected chi connectivity index (χ0v) is 30.0. The van der Waals surface area contributed by atoms with Crippen molar-refractivity contribution in [2.45, 2.75) is 0 Å². The predicted molar refractivity (Wildman–Crippen MR) is 226 cm³/mol. The molecule has 0 saturated heterocycles. The summed E-state index contributed by atoms with van der Waals surface area (Å²) in [6.45, 7) is 0. The largest absolute Gasteiger partial charge is 0.309 e. The smallest absolute Gasteiger partial charge is 0.101 e. The summed E-state index contributed by atoms with van der Waals surface area (Å²) in [6.07, 6.45) is 0. The molecule has 0 radical (unpaired) electrons. The highest BCUT2D eigenvalue weighted by atomic mass is 15.0.